The molecule has 2 heteroatoms. The highest BCUT2D eigenvalue weighted by Crippen LogP contribution is 2.20. The first-order valence-corrected chi connectivity index (χ1v) is 6.20. The van der Waals surface area contributed by atoms with Crippen LogP contribution in [0.25, 0.3) is 10.8 Å². The van der Waals surface area contributed by atoms with Crippen LogP contribution in [0.2, 0.25) is 0 Å². The smallest absolute Gasteiger partial charge is 0.193 e. The summed E-state index contributed by atoms with van der Waals surface area (Å²) < 4.78 is 0. The van der Waals surface area contributed by atoms with E-state index in [4.69, 9.17) is 0 Å². The van der Waals surface area contributed by atoms with Gasteiger partial charge in [-0.1, -0.05) is 48.0 Å². The minimum absolute atomic E-state index is 0.0526. The first-order valence-electron chi connectivity index (χ1n) is 6.20. The fraction of sp³-hybridized carbons (Fsp3) is 0.0588. The van der Waals surface area contributed by atoms with Crippen LogP contribution in [0.5, 0.6) is 0 Å². The van der Waals surface area contributed by atoms with E-state index in [0.29, 0.717) is 0 Å². The van der Waals surface area contributed by atoms with Crippen LogP contribution in [0.4, 0.5) is 0 Å². The van der Waals surface area contributed by atoms with Crippen LogP contribution < -0.4 is 0 Å². The summed E-state index contributed by atoms with van der Waals surface area (Å²) >= 11 is 0. The van der Waals surface area contributed by atoms with Crippen LogP contribution in [0.3, 0.4) is 0 Å². The van der Waals surface area contributed by atoms with Crippen molar-refractivity contribution in [2.45, 2.75) is 6.92 Å². The number of pyridine rings is 1. The molecule has 0 saturated carbocycles. The molecule has 0 aliphatic carbocycles. The number of carbonyl (C=O) groups excluding carboxylic acids is 1. The SMILES string of the molecule is Cc1ccc(C(=O)c2cccc3cnccc23)cc1. The van der Waals surface area contributed by atoms with Crippen molar-refractivity contribution in [1.29, 1.82) is 0 Å². The summed E-state index contributed by atoms with van der Waals surface area (Å²) in [5.74, 6) is 0.0526. The summed E-state index contributed by atoms with van der Waals surface area (Å²) in [6, 6.07) is 15.3. The number of hydrogen-bond donors (Lipinski definition) is 0. The van der Waals surface area contributed by atoms with E-state index in [-0.39, 0.29) is 5.78 Å². The Kier molecular flexibility index (Phi) is 2.84. The van der Waals surface area contributed by atoms with Gasteiger partial charge in [0.25, 0.3) is 0 Å². The topological polar surface area (TPSA) is 30.0 Å². The third-order valence-corrected chi connectivity index (χ3v) is 3.24. The van der Waals surface area contributed by atoms with Gasteiger partial charge in [0.05, 0.1) is 0 Å². The van der Waals surface area contributed by atoms with E-state index in [1.54, 1.807) is 12.4 Å². The molecule has 0 spiro atoms. The van der Waals surface area contributed by atoms with Crippen molar-refractivity contribution in [3.8, 4) is 0 Å². The molecule has 92 valence electrons. The lowest BCUT2D eigenvalue weighted by molar-refractivity contribution is 0.104. The summed E-state index contributed by atoms with van der Waals surface area (Å²) in [7, 11) is 0. The molecule has 0 fully saturated rings. The Morgan fingerprint density at radius 3 is 2.58 bits per heavy atom. The lowest BCUT2D eigenvalue weighted by atomic mass is 9.98. The minimum Gasteiger partial charge on any atom is -0.289 e. The summed E-state index contributed by atoms with van der Waals surface area (Å²) in [5.41, 5.74) is 2.59. The summed E-state index contributed by atoms with van der Waals surface area (Å²) in [5, 5.41) is 1.93. The van der Waals surface area contributed by atoms with Gasteiger partial charge < -0.3 is 0 Å². The molecule has 0 amide bonds. The molecule has 2 aromatic carbocycles. The molecule has 1 aromatic heterocycles. The quantitative estimate of drug-likeness (QED) is 0.645. The number of ketones is 1. The molecule has 19 heavy (non-hydrogen) atoms. The number of aromatic nitrogens is 1. The predicted molar refractivity (Wildman–Crippen MR) is 76.4 cm³/mol. The van der Waals surface area contributed by atoms with Gasteiger partial charge in [0.15, 0.2) is 5.78 Å². The van der Waals surface area contributed by atoms with Gasteiger partial charge in [-0.2, -0.15) is 0 Å². The zero-order valence-corrected chi connectivity index (χ0v) is 10.6. The monoisotopic (exact) mass is 247 g/mol. The van der Waals surface area contributed by atoms with Crippen LogP contribution in [-0.2, 0) is 0 Å². The molecule has 0 atom stereocenters. The van der Waals surface area contributed by atoms with Gasteiger partial charge >= 0.3 is 0 Å². The number of nitrogens with zero attached hydrogens (tertiary/aromatic N) is 1. The second kappa shape index (κ2) is 4.65. The average Bonchev–Trinajstić information content (AvgIpc) is 2.47. The fourth-order valence-electron chi connectivity index (χ4n) is 2.18. The first kappa shape index (κ1) is 11.6. The molecule has 0 bridgehead atoms. The summed E-state index contributed by atoms with van der Waals surface area (Å²) in [6.07, 6.45) is 3.50. The van der Waals surface area contributed by atoms with Gasteiger partial charge in [-0.25, -0.2) is 0 Å². The number of benzene rings is 2. The van der Waals surface area contributed by atoms with Crippen molar-refractivity contribution in [1.82, 2.24) is 4.98 Å². The van der Waals surface area contributed by atoms with Crippen molar-refractivity contribution in [3.05, 3.63) is 77.6 Å². The number of carbonyl (C=O) groups is 1. The van der Waals surface area contributed by atoms with Crippen LogP contribution in [0.1, 0.15) is 21.5 Å². The first-order chi connectivity index (χ1) is 9.25. The van der Waals surface area contributed by atoms with E-state index in [0.717, 1.165) is 27.5 Å². The number of hydrogen-bond acceptors (Lipinski definition) is 2. The average molecular weight is 247 g/mol. The van der Waals surface area contributed by atoms with Crippen molar-refractivity contribution < 1.29 is 4.79 Å². The normalized spacial score (nSPS) is 10.6. The molecular weight excluding hydrogens is 234 g/mol. The number of fused-ring (bicyclic) bond motifs is 1. The second-order valence-corrected chi connectivity index (χ2v) is 4.60. The van der Waals surface area contributed by atoms with Crippen LogP contribution >= 0.6 is 0 Å². The third kappa shape index (κ3) is 2.13. The van der Waals surface area contributed by atoms with Gasteiger partial charge in [-0.3, -0.25) is 9.78 Å². The summed E-state index contributed by atoms with van der Waals surface area (Å²) in [4.78, 5) is 16.6. The Bertz CT molecular complexity index is 739. The van der Waals surface area contributed by atoms with E-state index >= 15 is 0 Å². The summed E-state index contributed by atoms with van der Waals surface area (Å²) in [6.45, 7) is 2.01. The van der Waals surface area contributed by atoms with Crippen molar-refractivity contribution >= 4 is 16.6 Å². The zero-order valence-electron chi connectivity index (χ0n) is 10.6. The van der Waals surface area contributed by atoms with E-state index in [2.05, 4.69) is 4.98 Å². The maximum Gasteiger partial charge on any atom is 0.193 e. The predicted octanol–water partition coefficient (Wildman–Crippen LogP) is 3.77. The largest absolute Gasteiger partial charge is 0.289 e. The molecule has 0 saturated heterocycles. The molecule has 0 unspecified atom stereocenters. The fourth-order valence-corrected chi connectivity index (χ4v) is 2.18. The van der Waals surface area contributed by atoms with Crippen molar-refractivity contribution in [2.24, 2.45) is 0 Å². The molecule has 0 radical (unpaired) electrons. The minimum atomic E-state index is 0.0526. The number of aryl methyl sites for hydroxylation is 1. The highest BCUT2D eigenvalue weighted by atomic mass is 16.1. The van der Waals surface area contributed by atoms with E-state index in [1.807, 2.05) is 55.5 Å². The third-order valence-electron chi connectivity index (χ3n) is 3.24. The highest BCUT2D eigenvalue weighted by Gasteiger charge is 2.11. The lowest BCUT2D eigenvalue weighted by Crippen LogP contribution is -2.02. The van der Waals surface area contributed by atoms with Crippen LogP contribution in [-0.4, -0.2) is 10.8 Å². The lowest BCUT2D eigenvalue weighted by Gasteiger charge is -2.05. The van der Waals surface area contributed by atoms with Gasteiger partial charge in [0, 0.05) is 28.9 Å². The standard InChI is InChI=1S/C17H13NO/c1-12-5-7-13(8-6-12)17(19)16-4-2-3-14-11-18-10-9-15(14)16/h2-11H,1H3. The molecule has 1 heterocycles. The number of rotatable bonds is 2. The van der Waals surface area contributed by atoms with E-state index in [9.17, 15) is 4.79 Å². The van der Waals surface area contributed by atoms with Gasteiger partial charge in [-0.15, -0.1) is 0 Å². The molecule has 3 aromatic rings. The maximum absolute atomic E-state index is 12.6. The Hall–Kier alpha value is -2.48. The van der Waals surface area contributed by atoms with Crippen molar-refractivity contribution in [2.75, 3.05) is 0 Å². The Morgan fingerprint density at radius 2 is 1.79 bits per heavy atom. The highest BCUT2D eigenvalue weighted by molar-refractivity contribution is 6.16. The van der Waals surface area contributed by atoms with E-state index in [1.165, 1.54) is 0 Å². The molecule has 3 rings (SSSR count). The van der Waals surface area contributed by atoms with Gasteiger partial charge in [0.1, 0.15) is 0 Å². The Morgan fingerprint density at radius 1 is 1.00 bits per heavy atom. The Balaban J connectivity index is 2.14. The zero-order chi connectivity index (χ0) is 13.2. The second-order valence-electron chi connectivity index (χ2n) is 4.60. The van der Waals surface area contributed by atoms with Crippen molar-refractivity contribution in [3.63, 3.8) is 0 Å². The van der Waals surface area contributed by atoms with Crippen LogP contribution in [0.15, 0.2) is 60.9 Å². The molecular formula is C17H13NO. The molecule has 2 nitrogen and oxygen atoms in total. The van der Waals surface area contributed by atoms with Gasteiger partial charge in [0.2, 0.25) is 0 Å². The Labute approximate surface area is 111 Å². The van der Waals surface area contributed by atoms with Gasteiger partial charge in [-0.05, 0) is 18.4 Å². The van der Waals surface area contributed by atoms with Crippen LogP contribution in [0, 0.1) is 6.92 Å². The maximum atomic E-state index is 12.6. The van der Waals surface area contributed by atoms with E-state index < -0.39 is 0 Å². The molecule has 0 N–H and O–H groups in total. The molecule has 0 aliphatic rings. The molecule has 0 aliphatic heterocycles.